The van der Waals surface area contributed by atoms with Crippen molar-refractivity contribution < 1.29 is 4.74 Å². The Hall–Kier alpha value is -1.32. The number of hydrogen-bond donors (Lipinski definition) is 1. The predicted molar refractivity (Wildman–Crippen MR) is 92.1 cm³/mol. The summed E-state index contributed by atoms with van der Waals surface area (Å²) in [7, 11) is 1.70. The number of aryl methyl sites for hydroxylation is 2. The third-order valence-corrected chi connectivity index (χ3v) is 4.55. The first-order valence-electron chi connectivity index (χ1n) is 7.20. The summed E-state index contributed by atoms with van der Waals surface area (Å²) in [6, 6.07) is 12.9. The van der Waals surface area contributed by atoms with Gasteiger partial charge in [-0.3, -0.25) is 0 Å². The van der Waals surface area contributed by atoms with Gasteiger partial charge in [0.2, 0.25) is 0 Å². The average molecular weight is 348 g/mol. The fourth-order valence-electron chi connectivity index (χ4n) is 2.55. The molecule has 2 nitrogen and oxygen atoms in total. The molecule has 0 saturated heterocycles. The standard InChI is InChI=1S/C18H22BrNO/c1-5-20-18(14-7-6-8-15(11-14)21-4)16-9-13(3)17(19)10-12(16)2/h6-11,18,20H,5H2,1-4H3. The lowest BCUT2D eigenvalue weighted by molar-refractivity contribution is 0.413. The molecule has 0 spiro atoms. The van der Waals surface area contributed by atoms with E-state index in [4.69, 9.17) is 4.74 Å². The summed E-state index contributed by atoms with van der Waals surface area (Å²) in [5, 5.41) is 3.58. The zero-order chi connectivity index (χ0) is 15.4. The number of benzene rings is 2. The Morgan fingerprint density at radius 3 is 2.57 bits per heavy atom. The van der Waals surface area contributed by atoms with E-state index in [1.807, 2.05) is 12.1 Å². The molecular weight excluding hydrogens is 326 g/mol. The molecule has 0 bridgehead atoms. The highest BCUT2D eigenvalue weighted by Crippen LogP contribution is 2.30. The Morgan fingerprint density at radius 1 is 1.14 bits per heavy atom. The summed E-state index contributed by atoms with van der Waals surface area (Å²) < 4.78 is 6.51. The molecule has 2 aromatic rings. The van der Waals surface area contributed by atoms with E-state index in [0.29, 0.717) is 0 Å². The van der Waals surface area contributed by atoms with E-state index in [0.717, 1.165) is 16.8 Å². The molecule has 112 valence electrons. The van der Waals surface area contributed by atoms with Crippen molar-refractivity contribution in [3.63, 3.8) is 0 Å². The van der Waals surface area contributed by atoms with Gasteiger partial charge >= 0.3 is 0 Å². The maximum Gasteiger partial charge on any atom is 0.119 e. The molecule has 0 aliphatic rings. The molecule has 2 rings (SSSR count). The number of halogens is 1. The van der Waals surface area contributed by atoms with Crippen LogP contribution in [0, 0.1) is 13.8 Å². The third-order valence-electron chi connectivity index (χ3n) is 3.69. The van der Waals surface area contributed by atoms with Gasteiger partial charge in [0, 0.05) is 4.47 Å². The summed E-state index contributed by atoms with van der Waals surface area (Å²) in [6.07, 6.45) is 0. The quantitative estimate of drug-likeness (QED) is 0.840. The second kappa shape index (κ2) is 7.10. The molecule has 1 atom stereocenters. The molecule has 1 N–H and O–H groups in total. The number of ether oxygens (including phenoxy) is 1. The molecule has 2 aromatic carbocycles. The van der Waals surface area contributed by atoms with Gasteiger partial charge in [-0.15, -0.1) is 0 Å². The monoisotopic (exact) mass is 347 g/mol. The molecule has 0 amide bonds. The Bertz CT molecular complexity index is 625. The molecule has 0 fully saturated rings. The lowest BCUT2D eigenvalue weighted by Crippen LogP contribution is -2.23. The molecule has 1 unspecified atom stereocenters. The van der Waals surface area contributed by atoms with E-state index in [2.05, 4.69) is 66.3 Å². The second-order valence-corrected chi connectivity index (χ2v) is 6.08. The minimum absolute atomic E-state index is 0.178. The zero-order valence-electron chi connectivity index (χ0n) is 13.0. The SMILES string of the molecule is CCNC(c1cccc(OC)c1)c1cc(C)c(Br)cc1C. The van der Waals surface area contributed by atoms with Crippen LogP contribution in [0.5, 0.6) is 5.75 Å². The fourth-order valence-corrected chi connectivity index (χ4v) is 3.00. The van der Waals surface area contributed by atoms with Crippen molar-refractivity contribution in [1.82, 2.24) is 5.32 Å². The van der Waals surface area contributed by atoms with Gasteiger partial charge in [0.25, 0.3) is 0 Å². The molecule has 21 heavy (non-hydrogen) atoms. The first kappa shape index (κ1) is 16.1. The molecule has 0 aliphatic carbocycles. The first-order valence-corrected chi connectivity index (χ1v) is 8.00. The van der Waals surface area contributed by atoms with Gasteiger partial charge in [-0.05, 0) is 60.8 Å². The van der Waals surface area contributed by atoms with E-state index < -0.39 is 0 Å². The van der Waals surface area contributed by atoms with Gasteiger partial charge in [0.05, 0.1) is 13.2 Å². The van der Waals surface area contributed by atoms with E-state index in [1.54, 1.807) is 7.11 Å². The Labute approximate surface area is 135 Å². The maximum absolute atomic E-state index is 5.36. The molecular formula is C18H22BrNO. The van der Waals surface area contributed by atoms with Crippen molar-refractivity contribution in [1.29, 1.82) is 0 Å². The molecule has 0 aliphatic heterocycles. The van der Waals surface area contributed by atoms with Crippen LogP contribution >= 0.6 is 15.9 Å². The van der Waals surface area contributed by atoms with Crippen LogP contribution in [0.25, 0.3) is 0 Å². The van der Waals surface area contributed by atoms with Crippen LogP contribution in [0.3, 0.4) is 0 Å². The zero-order valence-corrected chi connectivity index (χ0v) is 14.6. The first-order chi connectivity index (χ1) is 10.1. The molecule has 0 aromatic heterocycles. The maximum atomic E-state index is 5.36. The normalized spacial score (nSPS) is 12.2. The number of nitrogens with one attached hydrogen (secondary N) is 1. The van der Waals surface area contributed by atoms with E-state index in [1.165, 1.54) is 22.3 Å². The van der Waals surface area contributed by atoms with Crippen molar-refractivity contribution in [2.45, 2.75) is 26.8 Å². The van der Waals surface area contributed by atoms with Crippen molar-refractivity contribution in [2.24, 2.45) is 0 Å². The molecule has 0 heterocycles. The highest BCUT2D eigenvalue weighted by atomic mass is 79.9. The fraction of sp³-hybridized carbons (Fsp3) is 0.333. The number of methoxy groups -OCH3 is 1. The lowest BCUT2D eigenvalue weighted by atomic mass is 9.93. The van der Waals surface area contributed by atoms with Crippen LogP contribution in [0.1, 0.15) is 35.2 Å². The minimum Gasteiger partial charge on any atom is -0.497 e. The summed E-state index contributed by atoms with van der Waals surface area (Å²) in [4.78, 5) is 0. The Morgan fingerprint density at radius 2 is 1.90 bits per heavy atom. The van der Waals surface area contributed by atoms with Crippen LogP contribution in [0.4, 0.5) is 0 Å². The Balaban J connectivity index is 2.50. The van der Waals surface area contributed by atoms with Gasteiger partial charge in [-0.1, -0.05) is 41.1 Å². The van der Waals surface area contributed by atoms with Crippen molar-refractivity contribution in [2.75, 3.05) is 13.7 Å². The average Bonchev–Trinajstić information content (AvgIpc) is 2.49. The van der Waals surface area contributed by atoms with Gasteiger partial charge < -0.3 is 10.1 Å². The second-order valence-electron chi connectivity index (χ2n) is 5.23. The summed E-state index contributed by atoms with van der Waals surface area (Å²) in [5.74, 6) is 0.891. The summed E-state index contributed by atoms with van der Waals surface area (Å²) >= 11 is 3.61. The van der Waals surface area contributed by atoms with Crippen LogP contribution in [0.2, 0.25) is 0 Å². The molecule has 3 heteroatoms. The summed E-state index contributed by atoms with van der Waals surface area (Å²) in [5.41, 5.74) is 5.06. The number of hydrogen-bond acceptors (Lipinski definition) is 2. The minimum atomic E-state index is 0.178. The third kappa shape index (κ3) is 3.66. The highest BCUT2D eigenvalue weighted by molar-refractivity contribution is 9.10. The van der Waals surface area contributed by atoms with Crippen LogP contribution in [-0.4, -0.2) is 13.7 Å². The Kier molecular flexibility index (Phi) is 5.43. The van der Waals surface area contributed by atoms with E-state index in [-0.39, 0.29) is 6.04 Å². The number of rotatable bonds is 5. The van der Waals surface area contributed by atoms with E-state index >= 15 is 0 Å². The predicted octanol–water partition coefficient (Wildman–Crippen LogP) is 4.77. The van der Waals surface area contributed by atoms with Gasteiger partial charge in [0.15, 0.2) is 0 Å². The van der Waals surface area contributed by atoms with Crippen LogP contribution in [0.15, 0.2) is 40.9 Å². The van der Waals surface area contributed by atoms with E-state index in [9.17, 15) is 0 Å². The van der Waals surface area contributed by atoms with Crippen LogP contribution in [-0.2, 0) is 0 Å². The van der Waals surface area contributed by atoms with Crippen molar-refractivity contribution in [3.8, 4) is 5.75 Å². The van der Waals surface area contributed by atoms with Crippen molar-refractivity contribution >= 4 is 15.9 Å². The topological polar surface area (TPSA) is 21.3 Å². The largest absolute Gasteiger partial charge is 0.497 e. The molecule has 0 radical (unpaired) electrons. The molecule has 0 saturated carbocycles. The highest BCUT2D eigenvalue weighted by Gasteiger charge is 2.17. The van der Waals surface area contributed by atoms with Crippen LogP contribution < -0.4 is 10.1 Å². The van der Waals surface area contributed by atoms with Crippen molar-refractivity contribution in [3.05, 3.63) is 63.1 Å². The van der Waals surface area contributed by atoms with Gasteiger partial charge in [0.1, 0.15) is 5.75 Å². The smallest absolute Gasteiger partial charge is 0.119 e. The van der Waals surface area contributed by atoms with Gasteiger partial charge in [-0.2, -0.15) is 0 Å². The lowest BCUT2D eigenvalue weighted by Gasteiger charge is -2.22. The van der Waals surface area contributed by atoms with Gasteiger partial charge in [-0.25, -0.2) is 0 Å². The summed E-state index contributed by atoms with van der Waals surface area (Å²) in [6.45, 7) is 7.33.